The van der Waals surface area contributed by atoms with Gasteiger partial charge in [0.2, 0.25) is 0 Å². The standard InChI is InChI=1S/C33H46O5/c1-21(2)12-10-13-22(3)14-11-15-23(4)29-25(35)20-27-31(6)19-17-28(38-24(5)34)33(8,30(36)37-9)26(31)16-18-32(27,29)7/h10-15,26-28H,16-20H2,1-9H3/b13-10+,15-11+,22-14+,29-23-/t26-,27+,28-,31+,32+,33?/m1/s1. The molecule has 0 radical (unpaired) electrons. The number of fused-ring (bicyclic) bond motifs is 3. The zero-order valence-electron chi connectivity index (χ0n) is 24.8. The van der Waals surface area contributed by atoms with Crippen LogP contribution in [-0.4, -0.2) is 30.9 Å². The maximum absolute atomic E-state index is 13.6. The first-order valence-corrected chi connectivity index (χ1v) is 13.9. The molecule has 0 aliphatic heterocycles. The van der Waals surface area contributed by atoms with Crippen LogP contribution in [0.1, 0.15) is 87.5 Å². The van der Waals surface area contributed by atoms with Crippen LogP contribution in [0.5, 0.6) is 0 Å². The van der Waals surface area contributed by atoms with Gasteiger partial charge < -0.3 is 9.47 Å². The van der Waals surface area contributed by atoms with Gasteiger partial charge in [0.05, 0.1) is 7.11 Å². The van der Waals surface area contributed by atoms with Crippen LogP contribution in [0.25, 0.3) is 0 Å². The number of rotatable bonds is 6. The summed E-state index contributed by atoms with van der Waals surface area (Å²) in [5, 5.41) is 0. The summed E-state index contributed by atoms with van der Waals surface area (Å²) in [4.78, 5) is 38.7. The van der Waals surface area contributed by atoms with Crippen molar-refractivity contribution in [2.75, 3.05) is 7.11 Å². The Labute approximate surface area is 229 Å². The van der Waals surface area contributed by atoms with Gasteiger partial charge in [0.15, 0.2) is 5.78 Å². The van der Waals surface area contributed by atoms with Crippen molar-refractivity contribution in [3.63, 3.8) is 0 Å². The summed E-state index contributed by atoms with van der Waals surface area (Å²) in [5.74, 6) is -0.420. The smallest absolute Gasteiger partial charge is 0.315 e. The number of allylic oxidation sites excluding steroid dienone is 10. The average molecular weight is 523 g/mol. The van der Waals surface area contributed by atoms with E-state index in [1.54, 1.807) is 0 Å². The highest BCUT2D eigenvalue weighted by Gasteiger charge is 2.68. The fourth-order valence-corrected chi connectivity index (χ4v) is 8.00. The minimum Gasteiger partial charge on any atom is -0.468 e. The lowest BCUT2D eigenvalue weighted by atomic mass is 9.42. The molecule has 0 aromatic heterocycles. The van der Waals surface area contributed by atoms with E-state index in [4.69, 9.17) is 9.47 Å². The Bertz CT molecular complexity index is 1130. The van der Waals surface area contributed by atoms with Gasteiger partial charge in [0.1, 0.15) is 11.5 Å². The predicted octanol–water partition coefficient (Wildman–Crippen LogP) is 7.24. The number of ketones is 1. The van der Waals surface area contributed by atoms with Crippen LogP contribution < -0.4 is 0 Å². The van der Waals surface area contributed by atoms with E-state index in [0.717, 1.165) is 36.0 Å². The topological polar surface area (TPSA) is 69.7 Å². The molecule has 5 nitrogen and oxygen atoms in total. The predicted molar refractivity (Wildman–Crippen MR) is 151 cm³/mol. The van der Waals surface area contributed by atoms with Gasteiger partial charge in [-0.2, -0.15) is 0 Å². The van der Waals surface area contributed by atoms with Gasteiger partial charge in [0.25, 0.3) is 0 Å². The van der Waals surface area contributed by atoms with E-state index in [2.05, 4.69) is 58.9 Å². The van der Waals surface area contributed by atoms with Crippen molar-refractivity contribution in [3.05, 3.63) is 58.7 Å². The molecule has 3 aliphatic carbocycles. The molecule has 3 aliphatic rings. The second kappa shape index (κ2) is 11.2. The molecule has 0 saturated heterocycles. The monoisotopic (exact) mass is 522 g/mol. The number of carbonyl (C=O) groups is 3. The number of hydrogen-bond donors (Lipinski definition) is 0. The molecule has 0 aromatic carbocycles. The first-order chi connectivity index (χ1) is 17.7. The fraction of sp³-hybridized carbons (Fsp3) is 0.606. The molecule has 0 spiro atoms. The number of Topliss-reactive ketones (excluding diaryl/α,β-unsaturated/α-hetero) is 1. The van der Waals surface area contributed by atoms with Gasteiger partial charge in [-0.15, -0.1) is 0 Å². The quantitative estimate of drug-likeness (QED) is 0.209. The van der Waals surface area contributed by atoms with Crippen molar-refractivity contribution in [2.24, 2.45) is 28.1 Å². The Hall–Kier alpha value is -2.69. The molecule has 5 heteroatoms. The number of ether oxygens (including phenoxy) is 2. The van der Waals surface area contributed by atoms with Crippen molar-refractivity contribution >= 4 is 17.7 Å². The normalized spacial score (nSPS) is 36.6. The summed E-state index contributed by atoms with van der Waals surface area (Å²) in [6.07, 6.45) is 15.3. The summed E-state index contributed by atoms with van der Waals surface area (Å²) in [7, 11) is 1.40. The first-order valence-electron chi connectivity index (χ1n) is 13.9. The van der Waals surface area contributed by atoms with E-state index >= 15 is 0 Å². The van der Waals surface area contributed by atoms with E-state index in [-0.39, 0.29) is 40.4 Å². The van der Waals surface area contributed by atoms with E-state index in [0.29, 0.717) is 12.8 Å². The van der Waals surface area contributed by atoms with Gasteiger partial charge in [-0.1, -0.05) is 61.4 Å². The van der Waals surface area contributed by atoms with Crippen LogP contribution in [0, 0.1) is 28.1 Å². The van der Waals surface area contributed by atoms with Gasteiger partial charge in [-0.25, -0.2) is 0 Å². The van der Waals surface area contributed by atoms with E-state index in [1.165, 1.54) is 19.6 Å². The number of methoxy groups -OCH3 is 1. The number of hydrogen-bond acceptors (Lipinski definition) is 5. The van der Waals surface area contributed by atoms with Crippen LogP contribution in [0.15, 0.2) is 58.7 Å². The van der Waals surface area contributed by atoms with Gasteiger partial charge >= 0.3 is 11.9 Å². The third-order valence-corrected chi connectivity index (χ3v) is 9.71. The molecule has 0 amide bonds. The molecule has 38 heavy (non-hydrogen) atoms. The Balaban J connectivity index is 1.96. The highest BCUT2D eigenvalue weighted by molar-refractivity contribution is 6.01. The summed E-state index contributed by atoms with van der Waals surface area (Å²) < 4.78 is 11.0. The SMILES string of the molecule is COC(=O)C1(C)[C@H](OC(C)=O)CC[C@@]2(C)[C@H]1CC[C@]1(C)\C(=C(C)/C=C/C=C(C)/C=C/C=C(C)C)C(=O)C[C@@H]21. The number of esters is 2. The Morgan fingerprint density at radius 1 is 0.895 bits per heavy atom. The number of carbonyl (C=O) groups excluding carboxylic acids is 3. The van der Waals surface area contributed by atoms with Gasteiger partial charge in [0, 0.05) is 24.3 Å². The lowest BCUT2D eigenvalue weighted by Gasteiger charge is -2.61. The summed E-state index contributed by atoms with van der Waals surface area (Å²) in [6, 6.07) is 0. The molecule has 0 N–H and O–H groups in total. The molecule has 3 saturated carbocycles. The van der Waals surface area contributed by atoms with E-state index in [9.17, 15) is 14.4 Å². The highest BCUT2D eigenvalue weighted by atomic mass is 16.6. The van der Waals surface area contributed by atoms with Crippen molar-refractivity contribution < 1.29 is 23.9 Å². The zero-order chi connectivity index (χ0) is 28.5. The maximum atomic E-state index is 13.6. The Morgan fingerprint density at radius 2 is 1.55 bits per heavy atom. The summed E-state index contributed by atoms with van der Waals surface area (Å²) in [5.41, 5.74) is 2.89. The highest BCUT2D eigenvalue weighted by Crippen LogP contribution is 2.69. The fourth-order valence-electron chi connectivity index (χ4n) is 8.00. The van der Waals surface area contributed by atoms with Gasteiger partial charge in [-0.05, 0) is 83.1 Å². The third kappa shape index (κ3) is 5.26. The molecule has 0 heterocycles. The maximum Gasteiger partial charge on any atom is 0.315 e. The molecular formula is C33H46O5. The van der Waals surface area contributed by atoms with Crippen LogP contribution >= 0.6 is 0 Å². The molecular weight excluding hydrogens is 476 g/mol. The average Bonchev–Trinajstić information content (AvgIpc) is 3.11. The van der Waals surface area contributed by atoms with E-state index < -0.39 is 11.5 Å². The molecule has 3 fully saturated rings. The minimum absolute atomic E-state index is 0.0419. The van der Waals surface area contributed by atoms with E-state index in [1.807, 2.05) is 26.0 Å². The van der Waals surface area contributed by atoms with Gasteiger partial charge in [-0.3, -0.25) is 14.4 Å². The van der Waals surface area contributed by atoms with Crippen LogP contribution in [0.2, 0.25) is 0 Å². The molecule has 1 unspecified atom stereocenters. The molecule has 0 bridgehead atoms. The van der Waals surface area contributed by atoms with Crippen LogP contribution in [0.4, 0.5) is 0 Å². The van der Waals surface area contributed by atoms with Crippen LogP contribution in [0.3, 0.4) is 0 Å². The first kappa shape index (κ1) is 29.9. The second-order valence-corrected chi connectivity index (χ2v) is 12.5. The lowest BCUT2D eigenvalue weighted by molar-refractivity contribution is -0.206. The minimum atomic E-state index is -0.944. The molecule has 3 rings (SSSR count). The van der Waals surface area contributed by atoms with Crippen molar-refractivity contribution in [2.45, 2.75) is 93.6 Å². The summed E-state index contributed by atoms with van der Waals surface area (Å²) >= 11 is 0. The Kier molecular flexibility index (Phi) is 8.80. The van der Waals surface area contributed by atoms with Crippen molar-refractivity contribution in [1.29, 1.82) is 0 Å². The molecule has 6 atom stereocenters. The second-order valence-electron chi connectivity index (χ2n) is 12.5. The molecule has 0 aromatic rings. The van der Waals surface area contributed by atoms with Crippen molar-refractivity contribution in [3.8, 4) is 0 Å². The zero-order valence-corrected chi connectivity index (χ0v) is 24.8. The van der Waals surface area contributed by atoms with Crippen LogP contribution in [-0.2, 0) is 23.9 Å². The Morgan fingerprint density at radius 3 is 2.16 bits per heavy atom. The lowest BCUT2D eigenvalue weighted by Crippen LogP contribution is -2.62. The van der Waals surface area contributed by atoms with Crippen molar-refractivity contribution in [1.82, 2.24) is 0 Å². The third-order valence-electron chi connectivity index (χ3n) is 9.71. The summed E-state index contributed by atoms with van der Waals surface area (Å²) in [6.45, 7) is 16.0. The molecule has 208 valence electrons. The largest absolute Gasteiger partial charge is 0.468 e.